The highest BCUT2D eigenvalue weighted by Gasteiger charge is 2.11. The molecule has 0 saturated heterocycles. The van der Waals surface area contributed by atoms with Gasteiger partial charge in [0.1, 0.15) is 5.75 Å². The van der Waals surface area contributed by atoms with Crippen LogP contribution in [-0.4, -0.2) is 22.3 Å². The first kappa shape index (κ1) is 18.1. The number of carbonyl (C=O) groups excluding carboxylic acids is 1. The fourth-order valence-corrected chi connectivity index (χ4v) is 2.57. The smallest absolute Gasteiger partial charge is 0.387 e. The summed E-state index contributed by atoms with van der Waals surface area (Å²) >= 11 is 3.38. The molecule has 1 N–H and O–H groups in total. The van der Waals surface area contributed by atoms with Gasteiger partial charge in [0, 0.05) is 16.2 Å². The van der Waals surface area contributed by atoms with Gasteiger partial charge in [-0.1, -0.05) is 34.1 Å². The molecule has 0 aliphatic carbocycles. The van der Waals surface area contributed by atoms with Crippen molar-refractivity contribution in [2.75, 3.05) is 5.32 Å². The van der Waals surface area contributed by atoms with Crippen molar-refractivity contribution in [1.29, 1.82) is 0 Å². The Bertz CT molecular complexity index is 897. The van der Waals surface area contributed by atoms with Crippen molar-refractivity contribution in [2.45, 2.75) is 13.2 Å². The Kier molecular flexibility index (Phi) is 5.62. The quantitative estimate of drug-likeness (QED) is 0.635. The predicted molar refractivity (Wildman–Crippen MR) is 96.5 cm³/mol. The van der Waals surface area contributed by atoms with Crippen LogP contribution >= 0.6 is 15.9 Å². The molecule has 134 valence electrons. The van der Waals surface area contributed by atoms with Crippen LogP contribution in [0.15, 0.2) is 65.4 Å². The number of nitrogens with zero attached hydrogens (tertiary/aromatic N) is 2. The summed E-state index contributed by atoms with van der Waals surface area (Å²) in [5, 5.41) is 6.89. The van der Waals surface area contributed by atoms with E-state index < -0.39 is 12.5 Å². The van der Waals surface area contributed by atoms with E-state index in [1.807, 2.05) is 24.3 Å². The molecule has 3 aromatic rings. The molecule has 0 fully saturated rings. The van der Waals surface area contributed by atoms with E-state index in [0.717, 1.165) is 10.0 Å². The van der Waals surface area contributed by atoms with Gasteiger partial charge in [-0.3, -0.25) is 9.48 Å². The van der Waals surface area contributed by atoms with Crippen LogP contribution in [-0.2, 0) is 6.54 Å². The lowest BCUT2D eigenvalue weighted by atomic mass is 10.2. The van der Waals surface area contributed by atoms with Crippen molar-refractivity contribution in [3.05, 3.63) is 76.5 Å². The lowest BCUT2D eigenvalue weighted by Gasteiger charge is -2.07. The number of aromatic nitrogens is 2. The Hall–Kier alpha value is -2.74. The third-order valence-electron chi connectivity index (χ3n) is 3.47. The number of ether oxygens (including phenoxy) is 1. The molecule has 5 nitrogen and oxygen atoms in total. The van der Waals surface area contributed by atoms with Crippen molar-refractivity contribution < 1.29 is 18.3 Å². The molecule has 2 aromatic carbocycles. The molecule has 0 atom stereocenters. The maximum absolute atomic E-state index is 12.3. The molecule has 0 spiro atoms. The highest BCUT2D eigenvalue weighted by Crippen LogP contribution is 2.18. The average molecular weight is 422 g/mol. The number of benzene rings is 2. The fourth-order valence-electron chi connectivity index (χ4n) is 2.31. The standard InChI is InChI=1S/C18H14BrF2N3O2/c19-14-6-4-12(5-7-14)10-24-11-15(9-22-24)23-17(25)13-2-1-3-16(8-13)26-18(20)21/h1-9,11,18H,10H2,(H,23,25). The molecule has 0 aliphatic rings. The van der Waals surface area contributed by atoms with Crippen molar-refractivity contribution in [3.63, 3.8) is 0 Å². The fraction of sp³-hybridized carbons (Fsp3) is 0.111. The second-order valence-corrected chi connectivity index (χ2v) is 6.33. The number of nitrogens with one attached hydrogen (secondary N) is 1. The van der Waals surface area contributed by atoms with E-state index in [1.54, 1.807) is 10.9 Å². The van der Waals surface area contributed by atoms with Gasteiger partial charge in [-0.2, -0.15) is 13.9 Å². The van der Waals surface area contributed by atoms with Gasteiger partial charge in [-0.15, -0.1) is 0 Å². The molecule has 1 aromatic heterocycles. The first-order valence-corrected chi connectivity index (χ1v) is 8.42. The van der Waals surface area contributed by atoms with E-state index in [4.69, 9.17) is 0 Å². The van der Waals surface area contributed by atoms with Gasteiger partial charge in [0.25, 0.3) is 5.91 Å². The molecule has 26 heavy (non-hydrogen) atoms. The summed E-state index contributed by atoms with van der Waals surface area (Å²) in [6.07, 6.45) is 3.22. The van der Waals surface area contributed by atoms with Gasteiger partial charge in [0.15, 0.2) is 0 Å². The largest absolute Gasteiger partial charge is 0.435 e. The zero-order chi connectivity index (χ0) is 18.5. The molecule has 0 radical (unpaired) electrons. The molecular formula is C18H14BrF2N3O2. The van der Waals surface area contributed by atoms with Crippen LogP contribution in [0.25, 0.3) is 0 Å². The first-order chi connectivity index (χ1) is 12.5. The van der Waals surface area contributed by atoms with Crippen LogP contribution in [0.1, 0.15) is 15.9 Å². The van der Waals surface area contributed by atoms with Crippen LogP contribution in [0.5, 0.6) is 5.75 Å². The molecule has 8 heteroatoms. The zero-order valence-electron chi connectivity index (χ0n) is 13.4. The van der Waals surface area contributed by atoms with Gasteiger partial charge in [-0.05, 0) is 35.9 Å². The van der Waals surface area contributed by atoms with Crippen LogP contribution < -0.4 is 10.1 Å². The SMILES string of the molecule is O=C(Nc1cnn(Cc2ccc(Br)cc2)c1)c1cccc(OC(F)F)c1. The number of hydrogen-bond donors (Lipinski definition) is 1. The van der Waals surface area contributed by atoms with Gasteiger partial charge in [0.2, 0.25) is 0 Å². The van der Waals surface area contributed by atoms with Gasteiger partial charge in [-0.25, -0.2) is 0 Å². The highest BCUT2D eigenvalue weighted by atomic mass is 79.9. The number of amides is 1. The Labute approximate surface area is 156 Å². The second-order valence-electron chi connectivity index (χ2n) is 5.41. The minimum Gasteiger partial charge on any atom is -0.435 e. The maximum atomic E-state index is 12.3. The summed E-state index contributed by atoms with van der Waals surface area (Å²) in [6, 6.07) is 13.4. The zero-order valence-corrected chi connectivity index (χ0v) is 15.0. The molecule has 0 saturated carbocycles. The molecular weight excluding hydrogens is 408 g/mol. The van der Waals surface area contributed by atoms with Crippen molar-refractivity contribution in [2.24, 2.45) is 0 Å². The maximum Gasteiger partial charge on any atom is 0.387 e. The number of rotatable bonds is 6. The summed E-state index contributed by atoms with van der Waals surface area (Å²) < 4.78 is 31.5. The Morgan fingerprint density at radius 3 is 2.73 bits per heavy atom. The number of anilines is 1. The topological polar surface area (TPSA) is 56.2 Å². The van der Waals surface area contributed by atoms with Gasteiger partial charge < -0.3 is 10.1 Å². The van der Waals surface area contributed by atoms with Gasteiger partial charge in [0.05, 0.1) is 18.4 Å². The van der Waals surface area contributed by atoms with Crippen LogP contribution in [0.3, 0.4) is 0 Å². The lowest BCUT2D eigenvalue weighted by Crippen LogP contribution is -2.12. The predicted octanol–water partition coefficient (Wildman–Crippen LogP) is 4.55. The van der Waals surface area contributed by atoms with E-state index in [2.05, 4.69) is 31.1 Å². The van der Waals surface area contributed by atoms with Crippen molar-refractivity contribution >= 4 is 27.5 Å². The Morgan fingerprint density at radius 1 is 1.23 bits per heavy atom. The monoisotopic (exact) mass is 421 g/mol. The molecule has 3 rings (SSSR count). The molecule has 1 heterocycles. The second kappa shape index (κ2) is 8.09. The third kappa shape index (κ3) is 4.89. The Balaban J connectivity index is 1.65. The van der Waals surface area contributed by atoms with Gasteiger partial charge >= 0.3 is 6.61 Å². The normalized spacial score (nSPS) is 10.8. The van der Waals surface area contributed by atoms with E-state index in [1.165, 1.54) is 30.5 Å². The average Bonchev–Trinajstić information content (AvgIpc) is 3.03. The van der Waals surface area contributed by atoms with E-state index in [0.29, 0.717) is 12.2 Å². The number of alkyl halides is 2. The Morgan fingerprint density at radius 2 is 2.00 bits per heavy atom. The minimum absolute atomic E-state index is 0.0708. The van der Waals surface area contributed by atoms with Crippen LogP contribution in [0.4, 0.5) is 14.5 Å². The summed E-state index contributed by atoms with van der Waals surface area (Å²) in [5.74, 6) is -0.508. The molecule has 1 amide bonds. The molecule has 0 unspecified atom stereocenters. The summed E-state index contributed by atoms with van der Waals surface area (Å²) in [7, 11) is 0. The molecule has 0 bridgehead atoms. The van der Waals surface area contributed by atoms with Crippen LogP contribution in [0.2, 0.25) is 0 Å². The highest BCUT2D eigenvalue weighted by molar-refractivity contribution is 9.10. The summed E-state index contributed by atoms with van der Waals surface area (Å²) in [4.78, 5) is 12.3. The number of carbonyl (C=O) groups is 1. The first-order valence-electron chi connectivity index (χ1n) is 7.63. The third-order valence-corrected chi connectivity index (χ3v) is 4.00. The number of halogens is 3. The van der Waals surface area contributed by atoms with Crippen molar-refractivity contribution in [3.8, 4) is 5.75 Å². The van der Waals surface area contributed by atoms with Crippen LogP contribution in [0, 0.1) is 0 Å². The lowest BCUT2D eigenvalue weighted by molar-refractivity contribution is -0.0498. The van der Waals surface area contributed by atoms with E-state index >= 15 is 0 Å². The summed E-state index contributed by atoms with van der Waals surface area (Å²) in [5.41, 5.74) is 1.78. The van der Waals surface area contributed by atoms with E-state index in [-0.39, 0.29) is 11.3 Å². The minimum atomic E-state index is -2.94. The van der Waals surface area contributed by atoms with Crippen molar-refractivity contribution in [1.82, 2.24) is 9.78 Å². The van der Waals surface area contributed by atoms with E-state index in [9.17, 15) is 13.6 Å². The molecule has 0 aliphatic heterocycles. The summed E-state index contributed by atoms with van der Waals surface area (Å²) in [6.45, 7) is -2.38. The number of hydrogen-bond acceptors (Lipinski definition) is 3.